The molecule has 186 valence electrons. The summed E-state index contributed by atoms with van der Waals surface area (Å²) in [5.74, 6) is -1.79. The van der Waals surface area contributed by atoms with Crippen LogP contribution >= 0.6 is 15.9 Å². The van der Waals surface area contributed by atoms with Crippen LogP contribution in [0.1, 0.15) is 35.0 Å². The Balaban J connectivity index is 1.43. The predicted molar refractivity (Wildman–Crippen MR) is 144 cm³/mol. The van der Waals surface area contributed by atoms with Crippen molar-refractivity contribution < 1.29 is 24.2 Å². The zero-order chi connectivity index (χ0) is 25.7. The van der Waals surface area contributed by atoms with Crippen LogP contribution in [-0.4, -0.2) is 35.0 Å². The molecule has 2 aliphatic rings. The van der Waals surface area contributed by atoms with Gasteiger partial charge in [-0.15, -0.1) is 0 Å². The number of benzene rings is 3. The fourth-order valence-corrected chi connectivity index (χ4v) is 5.51. The van der Waals surface area contributed by atoms with Gasteiger partial charge in [0, 0.05) is 34.3 Å². The number of hydrogen-bond donors (Lipinski definition) is 2. The number of hydrogen-bond acceptors (Lipinski definition) is 6. The normalized spacial score (nSPS) is 17.9. The SMILES string of the molecule is O=C(C1=C(O)C(=O)N(c2ccc(N3CCCC3)cc2)C1c1ccc(O)cc1)c1cc2cc(Br)ccc2o1. The summed E-state index contributed by atoms with van der Waals surface area (Å²) in [4.78, 5) is 30.9. The Morgan fingerprint density at radius 3 is 2.27 bits per heavy atom. The Labute approximate surface area is 221 Å². The Hall–Kier alpha value is -4.04. The number of rotatable bonds is 5. The Morgan fingerprint density at radius 2 is 1.57 bits per heavy atom. The highest BCUT2D eigenvalue weighted by molar-refractivity contribution is 9.10. The molecular formula is C29H23BrN2O5. The molecule has 0 bridgehead atoms. The maximum Gasteiger partial charge on any atom is 0.294 e. The number of Topliss-reactive ketones (excluding diaryl/α,β-unsaturated/α-hetero) is 1. The number of aliphatic hydroxyl groups is 1. The summed E-state index contributed by atoms with van der Waals surface area (Å²) in [7, 11) is 0. The lowest BCUT2D eigenvalue weighted by Crippen LogP contribution is -2.31. The molecule has 3 heterocycles. The molecule has 0 spiro atoms. The number of phenolic OH excluding ortho intramolecular Hbond substituents is 1. The average molecular weight is 559 g/mol. The van der Waals surface area contributed by atoms with Crippen molar-refractivity contribution in [1.82, 2.24) is 0 Å². The molecule has 3 aromatic carbocycles. The second-order valence-corrected chi connectivity index (χ2v) is 10.2. The minimum absolute atomic E-state index is 0.0254. The van der Waals surface area contributed by atoms with Gasteiger partial charge in [-0.3, -0.25) is 14.5 Å². The van der Waals surface area contributed by atoms with Crippen LogP contribution in [0.4, 0.5) is 11.4 Å². The number of carbonyl (C=O) groups is 2. The highest BCUT2D eigenvalue weighted by atomic mass is 79.9. The summed E-state index contributed by atoms with van der Waals surface area (Å²) in [6, 6.07) is 19.9. The molecule has 2 aliphatic heterocycles. The van der Waals surface area contributed by atoms with E-state index in [2.05, 4.69) is 20.8 Å². The molecule has 4 aromatic rings. The van der Waals surface area contributed by atoms with Gasteiger partial charge >= 0.3 is 0 Å². The number of fused-ring (bicyclic) bond motifs is 1. The maximum atomic E-state index is 13.8. The van der Waals surface area contributed by atoms with Crippen LogP contribution in [-0.2, 0) is 4.79 Å². The minimum atomic E-state index is -0.904. The zero-order valence-corrected chi connectivity index (χ0v) is 21.3. The highest BCUT2D eigenvalue weighted by Gasteiger charge is 2.45. The van der Waals surface area contributed by atoms with Gasteiger partial charge in [-0.25, -0.2) is 0 Å². The molecule has 0 saturated carbocycles. The summed E-state index contributed by atoms with van der Waals surface area (Å²) in [5, 5.41) is 21.6. The number of nitrogens with zero attached hydrogens (tertiary/aromatic N) is 2. The first-order valence-corrected chi connectivity index (χ1v) is 12.8. The first-order valence-electron chi connectivity index (χ1n) is 12.0. The third kappa shape index (κ3) is 4.07. The van der Waals surface area contributed by atoms with E-state index >= 15 is 0 Å². The van der Waals surface area contributed by atoms with Crippen molar-refractivity contribution in [2.24, 2.45) is 0 Å². The lowest BCUT2D eigenvalue weighted by atomic mass is 9.94. The van der Waals surface area contributed by atoms with Gasteiger partial charge in [-0.2, -0.15) is 0 Å². The van der Waals surface area contributed by atoms with E-state index in [1.54, 1.807) is 24.3 Å². The van der Waals surface area contributed by atoms with Gasteiger partial charge in [0.15, 0.2) is 11.5 Å². The third-order valence-electron chi connectivity index (χ3n) is 6.96. The zero-order valence-electron chi connectivity index (χ0n) is 19.7. The molecule has 7 nitrogen and oxygen atoms in total. The van der Waals surface area contributed by atoms with Crippen LogP contribution in [0, 0.1) is 0 Å². The van der Waals surface area contributed by atoms with Gasteiger partial charge in [-0.05, 0) is 79.1 Å². The maximum absolute atomic E-state index is 13.8. The van der Waals surface area contributed by atoms with E-state index in [1.165, 1.54) is 17.0 Å². The van der Waals surface area contributed by atoms with E-state index in [0.29, 0.717) is 16.8 Å². The number of ketones is 1. The standard InChI is InChI=1S/C29H23BrN2O5/c30-19-5-12-23-18(15-19)16-24(37-23)27(34)25-26(17-3-10-22(33)11-4-17)32(29(36)28(25)35)21-8-6-20(7-9-21)31-13-1-2-14-31/h3-12,15-16,26,33,35H,1-2,13-14H2. The monoisotopic (exact) mass is 558 g/mol. The van der Waals surface area contributed by atoms with E-state index in [1.807, 2.05) is 36.4 Å². The minimum Gasteiger partial charge on any atom is -0.508 e. The first kappa shape index (κ1) is 23.4. The molecule has 1 atom stereocenters. The second kappa shape index (κ2) is 9.12. The number of anilines is 2. The molecule has 37 heavy (non-hydrogen) atoms. The van der Waals surface area contributed by atoms with Crippen molar-refractivity contribution in [3.63, 3.8) is 0 Å². The number of aromatic hydroxyl groups is 1. The molecule has 1 unspecified atom stereocenters. The van der Waals surface area contributed by atoms with Crippen LogP contribution in [0.15, 0.2) is 93.0 Å². The smallest absolute Gasteiger partial charge is 0.294 e. The van der Waals surface area contributed by atoms with Gasteiger partial charge < -0.3 is 19.5 Å². The molecule has 1 aromatic heterocycles. The largest absolute Gasteiger partial charge is 0.508 e. The molecule has 6 rings (SSSR count). The molecule has 0 aliphatic carbocycles. The molecule has 1 fully saturated rings. The van der Waals surface area contributed by atoms with Gasteiger partial charge in [0.1, 0.15) is 11.3 Å². The Bertz CT molecular complexity index is 1550. The summed E-state index contributed by atoms with van der Waals surface area (Å²) in [5.41, 5.74) is 2.63. The Kier molecular flexibility index (Phi) is 5.76. The van der Waals surface area contributed by atoms with Gasteiger partial charge in [-0.1, -0.05) is 28.1 Å². The van der Waals surface area contributed by atoms with E-state index in [0.717, 1.165) is 41.5 Å². The number of halogens is 1. The van der Waals surface area contributed by atoms with Crippen molar-refractivity contribution in [3.8, 4) is 5.75 Å². The molecule has 1 saturated heterocycles. The summed E-state index contributed by atoms with van der Waals surface area (Å²) < 4.78 is 6.64. The highest BCUT2D eigenvalue weighted by Crippen LogP contribution is 2.43. The first-order chi connectivity index (χ1) is 17.9. The number of aliphatic hydroxyl groups excluding tert-OH is 1. The van der Waals surface area contributed by atoms with Crippen molar-refractivity contribution >= 4 is 50.0 Å². The summed E-state index contributed by atoms with van der Waals surface area (Å²) in [6.45, 7) is 1.99. The van der Waals surface area contributed by atoms with Crippen molar-refractivity contribution in [2.45, 2.75) is 18.9 Å². The van der Waals surface area contributed by atoms with Crippen molar-refractivity contribution in [1.29, 1.82) is 0 Å². The van der Waals surface area contributed by atoms with Gasteiger partial charge in [0.25, 0.3) is 5.91 Å². The number of phenols is 1. The topological polar surface area (TPSA) is 94.2 Å². The summed E-state index contributed by atoms with van der Waals surface area (Å²) >= 11 is 3.42. The average Bonchev–Trinajstić information content (AvgIpc) is 3.63. The summed E-state index contributed by atoms with van der Waals surface area (Å²) in [6.07, 6.45) is 2.30. The molecule has 1 amide bonds. The predicted octanol–water partition coefficient (Wildman–Crippen LogP) is 6.28. The number of furan rings is 1. The van der Waals surface area contributed by atoms with Gasteiger partial charge in [0.05, 0.1) is 11.6 Å². The molecular weight excluding hydrogens is 536 g/mol. The number of carbonyl (C=O) groups excluding carboxylic acids is 2. The quantitative estimate of drug-likeness (QED) is 0.280. The third-order valence-corrected chi connectivity index (χ3v) is 7.46. The van der Waals surface area contributed by atoms with Crippen LogP contribution < -0.4 is 9.80 Å². The number of amides is 1. The van der Waals surface area contributed by atoms with Crippen LogP contribution in [0.5, 0.6) is 5.75 Å². The van der Waals surface area contributed by atoms with Crippen LogP contribution in [0.25, 0.3) is 11.0 Å². The molecule has 2 N–H and O–H groups in total. The van der Waals surface area contributed by atoms with E-state index in [4.69, 9.17) is 4.42 Å². The van der Waals surface area contributed by atoms with Crippen LogP contribution in [0.3, 0.4) is 0 Å². The molecule has 8 heteroatoms. The lowest BCUT2D eigenvalue weighted by Gasteiger charge is -2.27. The molecule has 0 radical (unpaired) electrons. The van der Waals surface area contributed by atoms with Crippen molar-refractivity contribution in [3.05, 3.63) is 99.9 Å². The lowest BCUT2D eigenvalue weighted by molar-refractivity contribution is -0.117. The van der Waals surface area contributed by atoms with Crippen molar-refractivity contribution in [2.75, 3.05) is 22.9 Å². The van der Waals surface area contributed by atoms with E-state index in [-0.39, 0.29) is 17.1 Å². The Morgan fingerprint density at radius 1 is 0.892 bits per heavy atom. The fraction of sp³-hybridized carbons (Fsp3) is 0.172. The van der Waals surface area contributed by atoms with E-state index in [9.17, 15) is 19.8 Å². The van der Waals surface area contributed by atoms with Gasteiger partial charge in [0.2, 0.25) is 5.78 Å². The second-order valence-electron chi connectivity index (χ2n) is 9.26. The van der Waals surface area contributed by atoms with Crippen LogP contribution in [0.2, 0.25) is 0 Å². The van der Waals surface area contributed by atoms with E-state index < -0.39 is 23.5 Å². The fourth-order valence-electron chi connectivity index (χ4n) is 5.13.